The fourth-order valence-corrected chi connectivity index (χ4v) is 5.51. The van der Waals surface area contributed by atoms with Gasteiger partial charge in [0.15, 0.2) is 0 Å². The lowest BCUT2D eigenvalue weighted by Crippen LogP contribution is -2.72. The van der Waals surface area contributed by atoms with Gasteiger partial charge in [-0.05, 0) is 6.42 Å². The molecule has 0 aromatic rings. The molecule has 26 heteroatoms. The quantitative estimate of drug-likeness (QED) is 0.129. The third kappa shape index (κ3) is 11.5. The van der Waals surface area contributed by atoms with E-state index >= 15 is 0 Å². The first-order chi connectivity index (χ1) is 13.1. The van der Waals surface area contributed by atoms with Gasteiger partial charge in [0.2, 0.25) is 0 Å². The molecular formula is C8H32N4O18P4. The first kappa shape index (κ1) is 41.3. The zero-order valence-electron chi connectivity index (χ0n) is 17.4. The molecule has 1 aliphatic carbocycles. The maximum absolute atomic E-state index is 11.5. The van der Waals surface area contributed by atoms with E-state index in [0.717, 1.165) is 6.92 Å². The van der Waals surface area contributed by atoms with E-state index in [1.165, 1.54) is 0 Å². The van der Waals surface area contributed by atoms with Gasteiger partial charge in [0.1, 0.15) is 36.1 Å². The number of hydrogen-bond acceptors (Lipinski definition) is 14. The van der Waals surface area contributed by atoms with Gasteiger partial charge < -0.3 is 74.0 Å². The van der Waals surface area contributed by atoms with Crippen LogP contribution in [-0.2, 0) is 36.4 Å². The van der Waals surface area contributed by atoms with Gasteiger partial charge in [-0.25, -0.2) is 18.3 Å². The summed E-state index contributed by atoms with van der Waals surface area (Å²) in [4.78, 5) is 72.6. The Hall–Kier alpha value is 0.200. The molecule has 0 amide bonds. The molecule has 34 heavy (non-hydrogen) atoms. The molecule has 0 bridgehead atoms. The fourth-order valence-electron chi connectivity index (χ4n) is 2.96. The Balaban J connectivity index is -0.00000112. The van der Waals surface area contributed by atoms with Gasteiger partial charge in [0.05, 0.1) is 0 Å². The lowest BCUT2D eigenvalue weighted by Gasteiger charge is -2.52. The second-order valence-corrected chi connectivity index (χ2v) is 10.7. The average molecular weight is 596 g/mol. The number of aliphatic hydroxyl groups excluding tert-OH is 2. The van der Waals surface area contributed by atoms with E-state index in [0.29, 0.717) is 0 Å². The van der Waals surface area contributed by atoms with Gasteiger partial charge in [-0.1, -0.05) is 6.92 Å². The van der Waals surface area contributed by atoms with Crippen LogP contribution in [-0.4, -0.2) is 85.5 Å². The summed E-state index contributed by atoms with van der Waals surface area (Å²) in [6.45, 7) is 0.978. The van der Waals surface area contributed by atoms with Crippen LogP contribution in [0.2, 0.25) is 0 Å². The van der Waals surface area contributed by atoms with Crippen molar-refractivity contribution in [1.29, 1.82) is 0 Å². The molecule has 1 rings (SSSR count). The lowest BCUT2D eigenvalue weighted by atomic mass is 9.73. The van der Waals surface area contributed by atoms with Crippen LogP contribution >= 0.6 is 31.3 Å². The molecule has 0 aromatic heterocycles. The monoisotopic (exact) mass is 596 g/mol. The molecule has 0 heterocycles. The maximum atomic E-state index is 11.5. The molecule has 212 valence electrons. The van der Waals surface area contributed by atoms with E-state index in [1.54, 1.807) is 0 Å². The average Bonchev–Trinajstić information content (AvgIpc) is 2.47. The summed E-state index contributed by atoms with van der Waals surface area (Å²) in [7, 11) is -22.6. The molecule has 0 spiro atoms. The van der Waals surface area contributed by atoms with Crippen LogP contribution in [0.4, 0.5) is 0 Å². The van der Waals surface area contributed by atoms with E-state index in [-0.39, 0.29) is 24.6 Å². The molecule has 1 aliphatic rings. The van der Waals surface area contributed by atoms with Crippen molar-refractivity contribution in [2.75, 3.05) is 0 Å². The Morgan fingerprint density at radius 1 is 0.618 bits per heavy atom. The molecule has 0 radical (unpaired) electrons. The minimum atomic E-state index is -5.72. The standard InChI is InChI=1S/C8H20O18P4.4H3N/c1-2-8(26-30(20,21)22)6(24-28(14,15)16)3(9)5(23-27(11,12)13)4(10)7(8)25-29(17,18)19;;;;/h3-7,9-10H,2H2,1H3,(H2,11,12,13)(H2,14,15,16)(H2,17,18,19)(H2,20,21,22);4*1H3/t3-,4-,5?,6-,7+,8?;;;;/m0..../s1. The Morgan fingerprint density at radius 2 is 0.912 bits per heavy atom. The Kier molecular flexibility index (Phi) is 16.6. The van der Waals surface area contributed by atoms with Crippen molar-refractivity contribution in [2.24, 2.45) is 0 Å². The highest BCUT2D eigenvalue weighted by atomic mass is 31.2. The molecule has 1 fully saturated rings. The number of phosphoric acid groups is 4. The van der Waals surface area contributed by atoms with Gasteiger partial charge in [0, 0.05) is 0 Å². The van der Waals surface area contributed by atoms with Crippen molar-refractivity contribution >= 4 is 31.3 Å². The smallest absolute Gasteiger partial charge is 0.387 e. The summed E-state index contributed by atoms with van der Waals surface area (Å²) in [6, 6.07) is 0. The molecular weight excluding hydrogens is 564 g/mol. The van der Waals surface area contributed by atoms with E-state index in [9.17, 15) is 38.3 Å². The molecule has 2 unspecified atom stereocenters. The van der Waals surface area contributed by atoms with Crippen molar-refractivity contribution < 1.29 is 85.7 Å². The normalized spacial score (nSPS) is 30.1. The SMILES string of the molecule is CCC1(OP(=O)(O)O)[C@H](OP(=O)(O)O)[C@@H](O)C(OP(=O)(O)O)[C@H](O)[C@@H]1OP(=O)(O)O.N.N.N.N. The van der Waals surface area contributed by atoms with E-state index in [2.05, 4.69) is 18.1 Å². The molecule has 22 N–H and O–H groups in total. The second kappa shape index (κ2) is 13.7. The van der Waals surface area contributed by atoms with Crippen LogP contribution in [0.1, 0.15) is 13.3 Å². The van der Waals surface area contributed by atoms with Gasteiger partial charge in [-0.3, -0.25) is 18.1 Å². The first-order valence-electron chi connectivity index (χ1n) is 7.46. The minimum absolute atomic E-state index is 0. The van der Waals surface area contributed by atoms with Crippen LogP contribution in [0.5, 0.6) is 0 Å². The maximum Gasteiger partial charge on any atom is 0.470 e. The molecule has 0 aliphatic heterocycles. The van der Waals surface area contributed by atoms with Crippen molar-refractivity contribution in [3.05, 3.63) is 0 Å². The van der Waals surface area contributed by atoms with Crippen molar-refractivity contribution in [2.45, 2.75) is 49.5 Å². The summed E-state index contributed by atoms with van der Waals surface area (Å²) in [5.74, 6) is 0. The summed E-state index contributed by atoms with van der Waals surface area (Å²) in [5, 5.41) is 20.7. The van der Waals surface area contributed by atoms with Gasteiger partial charge in [0.25, 0.3) is 0 Å². The number of phosphoric ester groups is 4. The molecule has 0 aromatic carbocycles. The minimum Gasteiger partial charge on any atom is -0.387 e. The Morgan fingerprint density at radius 3 is 1.12 bits per heavy atom. The predicted molar refractivity (Wildman–Crippen MR) is 109 cm³/mol. The molecule has 22 nitrogen and oxygen atoms in total. The summed E-state index contributed by atoms with van der Waals surface area (Å²) >= 11 is 0. The highest BCUT2D eigenvalue weighted by Gasteiger charge is 2.66. The van der Waals surface area contributed by atoms with Crippen LogP contribution in [0.15, 0.2) is 0 Å². The van der Waals surface area contributed by atoms with E-state index in [1.807, 2.05) is 0 Å². The second-order valence-electron chi connectivity index (χ2n) is 5.97. The predicted octanol–water partition coefficient (Wildman–Crippen LogP) is -1.94. The summed E-state index contributed by atoms with van der Waals surface area (Å²) in [6.07, 6.45) is -14.2. The van der Waals surface area contributed by atoms with Crippen molar-refractivity contribution in [1.82, 2.24) is 24.6 Å². The largest absolute Gasteiger partial charge is 0.470 e. The Labute approximate surface area is 191 Å². The van der Waals surface area contributed by atoms with Gasteiger partial charge in [-0.2, -0.15) is 0 Å². The highest BCUT2D eigenvalue weighted by Crippen LogP contribution is 2.57. The zero-order chi connectivity index (χ0) is 23.9. The topological polar surface area (TPSA) is 448 Å². The van der Waals surface area contributed by atoms with Gasteiger partial charge >= 0.3 is 31.3 Å². The zero-order valence-corrected chi connectivity index (χ0v) is 21.0. The van der Waals surface area contributed by atoms with Crippen LogP contribution in [0, 0.1) is 0 Å². The third-order valence-electron chi connectivity index (χ3n) is 3.86. The van der Waals surface area contributed by atoms with Crippen molar-refractivity contribution in [3.8, 4) is 0 Å². The van der Waals surface area contributed by atoms with Crippen molar-refractivity contribution in [3.63, 3.8) is 0 Å². The molecule has 1 saturated carbocycles. The van der Waals surface area contributed by atoms with E-state index < -0.39 is 73.8 Å². The van der Waals surface area contributed by atoms with E-state index in [4.69, 9.17) is 29.4 Å². The molecule has 6 atom stereocenters. The van der Waals surface area contributed by atoms with Crippen LogP contribution in [0.3, 0.4) is 0 Å². The summed E-state index contributed by atoms with van der Waals surface area (Å²) < 4.78 is 62.3. The number of rotatable bonds is 9. The van der Waals surface area contributed by atoms with Crippen LogP contribution < -0.4 is 24.6 Å². The Bertz CT molecular complexity index is 768. The number of hydrogen-bond donors (Lipinski definition) is 14. The first-order valence-corrected chi connectivity index (χ1v) is 13.6. The van der Waals surface area contributed by atoms with Crippen LogP contribution in [0.25, 0.3) is 0 Å². The molecule has 0 saturated heterocycles. The lowest BCUT2D eigenvalue weighted by molar-refractivity contribution is -0.252. The number of aliphatic hydroxyl groups is 2. The third-order valence-corrected chi connectivity index (χ3v) is 5.96. The fraction of sp³-hybridized carbons (Fsp3) is 1.00. The van der Waals surface area contributed by atoms with Gasteiger partial charge in [-0.15, -0.1) is 0 Å². The summed E-state index contributed by atoms with van der Waals surface area (Å²) in [5.41, 5.74) is -3.07. The highest BCUT2D eigenvalue weighted by molar-refractivity contribution is 7.47.